The Balaban J connectivity index is 2.20. The second kappa shape index (κ2) is 10.1. The van der Waals surface area contributed by atoms with E-state index in [4.69, 9.17) is 17.0 Å². The Morgan fingerprint density at radius 1 is 1.23 bits per heavy atom. The Morgan fingerprint density at radius 3 is 2.58 bits per heavy atom. The van der Waals surface area contributed by atoms with Crippen molar-refractivity contribution in [2.75, 3.05) is 39.1 Å². The SMILES string of the molecule is CCOc1ccccc1NC(=S)N(CC[NH+](C)C)C(C)c1ccncc1. The maximum absolute atomic E-state index is 5.76. The average Bonchev–Trinajstić information content (AvgIpc) is 2.64. The molecule has 0 spiro atoms. The smallest absolute Gasteiger partial charge is 0.174 e. The molecular weight excluding hydrogens is 344 g/mol. The number of pyridine rings is 1. The van der Waals surface area contributed by atoms with E-state index in [1.165, 1.54) is 10.5 Å². The highest BCUT2D eigenvalue weighted by atomic mass is 32.1. The van der Waals surface area contributed by atoms with Crippen molar-refractivity contribution in [3.05, 3.63) is 54.4 Å². The third kappa shape index (κ3) is 5.68. The zero-order chi connectivity index (χ0) is 18.9. The van der Waals surface area contributed by atoms with E-state index in [1.807, 2.05) is 55.7 Å². The molecule has 1 heterocycles. The number of rotatable bonds is 8. The molecule has 5 nitrogen and oxygen atoms in total. The van der Waals surface area contributed by atoms with Crippen molar-refractivity contribution >= 4 is 23.0 Å². The number of ether oxygens (including phenoxy) is 1. The molecule has 2 rings (SSSR count). The van der Waals surface area contributed by atoms with Crippen LogP contribution in [-0.4, -0.2) is 48.8 Å². The summed E-state index contributed by atoms with van der Waals surface area (Å²) in [4.78, 5) is 7.72. The van der Waals surface area contributed by atoms with E-state index in [2.05, 4.69) is 36.2 Å². The quantitative estimate of drug-likeness (QED) is 0.696. The van der Waals surface area contributed by atoms with Gasteiger partial charge in [0.2, 0.25) is 0 Å². The third-order valence-corrected chi connectivity index (χ3v) is 4.53. The topological polar surface area (TPSA) is 41.8 Å². The minimum atomic E-state index is 0.150. The van der Waals surface area contributed by atoms with E-state index < -0.39 is 0 Å². The van der Waals surface area contributed by atoms with Crippen LogP contribution in [0.15, 0.2) is 48.8 Å². The number of para-hydroxylation sites is 2. The van der Waals surface area contributed by atoms with E-state index in [0.29, 0.717) is 11.7 Å². The number of nitrogens with zero attached hydrogens (tertiary/aromatic N) is 2. The molecule has 0 fully saturated rings. The molecule has 1 aromatic carbocycles. The van der Waals surface area contributed by atoms with Gasteiger partial charge in [0.05, 0.1) is 45.5 Å². The monoisotopic (exact) mass is 373 g/mol. The zero-order valence-corrected chi connectivity index (χ0v) is 16.8. The van der Waals surface area contributed by atoms with E-state index >= 15 is 0 Å². The molecule has 0 bridgehead atoms. The summed E-state index contributed by atoms with van der Waals surface area (Å²) in [7, 11) is 4.30. The number of benzene rings is 1. The van der Waals surface area contributed by atoms with Gasteiger partial charge >= 0.3 is 0 Å². The number of likely N-dealkylation sites (N-methyl/N-ethyl adjacent to an activating group) is 1. The normalized spacial score (nSPS) is 11.9. The highest BCUT2D eigenvalue weighted by molar-refractivity contribution is 7.80. The van der Waals surface area contributed by atoms with Crippen LogP contribution in [0.1, 0.15) is 25.5 Å². The van der Waals surface area contributed by atoms with E-state index in [0.717, 1.165) is 24.5 Å². The van der Waals surface area contributed by atoms with Gasteiger partial charge in [-0.3, -0.25) is 4.98 Å². The van der Waals surface area contributed by atoms with Gasteiger partial charge < -0.3 is 19.9 Å². The molecule has 26 heavy (non-hydrogen) atoms. The number of hydrogen-bond donors (Lipinski definition) is 2. The molecule has 6 heteroatoms. The van der Waals surface area contributed by atoms with Gasteiger partial charge in [0.25, 0.3) is 0 Å². The molecule has 0 saturated heterocycles. The summed E-state index contributed by atoms with van der Waals surface area (Å²) in [5, 5.41) is 4.07. The first kappa shape index (κ1) is 20.1. The number of aromatic nitrogens is 1. The number of nitrogens with one attached hydrogen (secondary N) is 2. The van der Waals surface area contributed by atoms with Crippen LogP contribution >= 0.6 is 12.2 Å². The second-order valence-electron chi connectivity index (χ2n) is 6.47. The Morgan fingerprint density at radius 2 is 1.92 bits per heavy atom. The van der Waals surface area contributed by atoms with Crippen molar-refractivity contribution in [3.63, 3.8) is 0 Å². The Kier molecular flexibility index (Phi) is 7.81. The van der Waals surface area contributed by atoms with Crippen molar-refractivity contribution in [2.24, 2.45) is 0 Å². The summed E-state index contributed by atoms with van der Waals surface area (Å²) >= 11 is 5.76. The standard InChI is InChI=1S/C20H28N4OS/c1-5-25-19-9-7-6-8-18(19)22-20(26)24(15-14-23(3)4)16(2)17-10-12-21-13-11-17/h6-13,16H,5,14-15H2,1-4H3,(H,22,26)/p+1. The fourth-order valence-electron chi connectivity index (χ4n) is 2.68. The Labute approximate surface area is 162 Å². The van der Waals surface area contributed by atoms with Crippen LogP contribution in [-0.2, 0) is 0 Å². The molecule has 0 aliphatic carbocycles. The molecular formula is C20H29N4OS+. The van der Waals surface area contributed by atoms with E-state index in [1.54, 1.807) is 0 Å². The molecule has 1 aromatic heterocycles. The lowest BCUT2D eigenvalue weighted by Crippen LogP contribution is -3.06. The van der Waals surface area contributed by atoms with Crippen molar-refractivity contribution in [2.45, 2.75) is 19.9 Å². The first-order chi connectivity index (χ1) is 12.5. The van der Waals surface area contributed by atoms with Crippen LogP contribution in [0.3, 0.4) is 0 Å². The molecule has 1 atom stereocenters. The highest BCUT2D eigenvalue weighted by Gasteiger charge is 2.20. The van der Waals surface area contributed by atoms with Crippen LogP contribution in [0.5, 0.6) is 5.75 Å². The first-order valence-electron chi connectivity index (χ1n) is 9.01. The molecule has 2 N–H and O–H groups in total. The third-order valence-electron chi connectivity index (χ3n) is 4.20. The van der Waals surface area contributed by atoms with Crippen molar-refractivity contribution in [3.8, 4) is 5.75 Å². The lowest BCUT2D eigenvalue weighted by molar-refractivity contribution is -0.857. The Hall–Kier alpha value is -2.18. The van der Waals surface area contributed by atoms with Gasteiger partial charge in [-0.1, -0.05) is 12.1 Å². The van der Waals surface area contributed by atoms with Crippen LogP contribution in [0.25, 0.3) is 0 Å². The predicted octanol–water partition coefficient (Wildman–Crippen LogP) is 2.38. The fraction of sp³-hybridized carbons (Fsp3) is 0.400. The Bertz CT molecular complexity index is 693. The second-order valence-corrected chi connectivity index (χ2v) is 6.85. The number of quaternary nitrogens is 1. The summed E-state index contributed by atoms with van der Waals surface area (Å²) in [5.41, 5.74) is 2.08. The largest absolute Gasteiger partial charge is 0.492 e. The lowest BCUT2D eigenvalue weighted by atomic mass is 10.1. The molecule has 2 aromatic rings. The molecule has 140 valence electrons. The summed E-state index contributed by atoms with van der Waals surface area (Å²) in [6, 6.07) is 12.1. The highest BCUT2D eigenvalue weighted by Crippen LogP contribution is 2.26. The van der Waals surface area contributed by atoms with Gasteiger partial charge in [-0.2, -0.15) is 0 Å². The number of hydrogen-bond acceptors (Lipinski definition) is 3. The van der Waals surface area contributed by atoms with E-state index in [-0.39, 0.29) is 6.04 Å². The van der Waals surface area contributed by atoms with Crippen molar-refractivity contribution < 1.29 is 9.64 Å². The van der Waals surface area contributed by atoms with Crippen LogP contribution < -0.4 is 15.0 Å². The zero-order valence-electron chi connectivity index (χ0n) is 16.0. The molecule has 1 unspecified atom stereocenters. The average molecular weight is 374 g/mol. The summed E-state index contributed by atoms with van der Waals surface area (Å²) in [6.45, 7) is 6.61. The van der Waals surface area contributed by atoms with Crippen LogP contribution in [0, 0.1) is 0 Å². The van der Waals surface area contributed by atoms with Gasteiger partial charge in [-0.15, -0.1) is 0 Å². The number of thiocarbonyl (C=S) groups is 1. The number of anilines is 1. The van der Waals surface area contributed by atoms with Gasteiger partial charge in [0.1, 0.15) is 5.75 Å². The van der Waals surface area contributed by atoms with E-state index in [9.17, 15) is 0 Å². The summed E-state index contributed by atoms with van der Waals surface area (Å²) in [5.74, 6) is 0.812. The van der Waals surface area contributed by atoms with Crippen molar-refractivity contribution in [1.29, 1.82) is 0 Å². The maximum Gasteiger partial charge on any atom is 0.174 e. The molecule has 0 amide bonds. The maximum atomic E-state index is 5.76. The van der Waals surface area contributed by atoms with Gasteiger partial charge in [0.15, 0.2) is 5.11 Å². The summed E-state index contributed by atoms with van der Waals surface area (Å²) < 4.78 is 5.71. The van der Waals surface area contributed by atoms with Gasteiger partial charge in [0, 0.05) is 12.4 Å². The molecule has 0 aliphatic rings. The van der Waals surface area contributed by atoms with Crippen molar-refractivity contribution in [1.82, 2.24) is 9.88 Å². The molecule has 0 saturated carbocycles. The van der Waals surface area contributed by atoms with Crippen LogP contribution in [0.4, 0.5) is 5.69 Å². The fourth-order valence-corrected chi connectivity index (χ4v) is 3.03. The molecule has 0 radical (unpaired) electrons. The predicted molar refractivity (Wildman–Crippen MR) is 111 cm³/mol. The minimum absolute atomic E-state index is 0.150. The lowest BCUT2D eigenvalue weighted by Gasteiger charge is -2.32. The van der Waals surface area contributed by atoms with Crippen LogP contribution in [0.2, 0.25) is 0 Å². The van der Waals surface area contributed by atoms with Gasteiger partial charge in [-0.25, -0.2) is 0 Å². The summed E-state index contributed by atoms with van der Waals surface area (Å²) in [6.07, 6.45) is 3.64. The first-order valence-corrected chi connectivity index (χ1v) is 9.42. The molecule has 0 aliphatic heterocycles. The minimum Gasteiger partial charge on any atom is -0.492 e. The van der Waals surface area contributed by atoms with Gasteiger partial charge in [-0.05, 0) is 55.9 Å².